The average Bonchev–Trinajstić information content (AvgIpc) is 2.14. The molecule has 2 unspecified atom stereocenters. The monoisotopic (exact) mass is 230 g/mol. The van der Waals surface area contributed by atoms with E-state index < -0.39 is 6.29 Å². The van der Waals surface area contributed by atoms with Crippen LogP contribution in [0.4, 0.5) is 0 Å². The van der Waals surface area contributed by atoms with Gasteiger partial charge in [-0.15, -0.1) is 0 Å². The molecule has 0 spiro atoms. The molecule has 0 heterocycles. The summed E-state index contributed by atoms with van der Waals surface area (Å²) in [6.45, 7) is 13.5. The summed E-state index contributed by atoms with van der Waals surface area (Å²) in [7, 11) is 1.57. The summed E-state index contributed by atoms with van der Waals surface area (Å²) in [6.07, 6.45) is 2.35. The van der Waals surface area contributed by atoms with Crippen molar-refractivity contribution in [3.63, 3.8) is 0 Å². The molecule has 0 aromatic heterocycles. The van der Waals surface area contributed by atoms with Crippen LogP contribution in [0.3, 0.4) is 0 Å². The van der Waals surface area contributed by atoms with Crippen molar-refractivity contribution >= 4 is 0 Å². The van der Waals surface area contributed by atoms with Crippen molar-refractivity contribution in [1.29, 1.82) is 0 Å². The predicted molar refractivity (Wildman–Crippen MR) is 69.3 cm³/mol. The standard InChI is InChI=1S/C14H30O2/c1-8-14(5,6)11(9-12(15)16-7)10-13(2,3)4/h11-12,15H,8-10H2,1-7H3. The van der Waals surface area contributed by atoms with Gasteiger partial charge in [0.1, 0.15) is 0 Å². The minimum absolute atomic E-state index is 0.257. The maximum Gasteiger partial charge on any atom is 0.154 e. The molecule has 2 heteroatoms. The fraction of sp³-hybridized carbons (Fsp3) is 1.00. The van der Waals surface area contributed by atoms with Crippen LogP contribution < -0.4 is 0 Å². The maximum atomic E-state index is 9.66. The first-order valence-electron chi connectivity index (χ1n) is 6.33. The Morgan fingerprint density at radius 2 is 1.62 bits per heavy atom. The van der Waals surface area contributed by atoms with Gasteiger partial charge in [-0.05, 0) is 23.2 Å². The van der Waals surface area contributed by atoms with Gasteiger partial charge in [0, 0.05) is 13.5 Å². The van der Waals surface area contributed by atoms with Gasteiger partial charge in [-0.3, -0.25) is 0 Å². The van der Waals surface area contributed by atoms with Crippen molar-refractivity contribution in [2.45, 2.75) is 67.1 Å². The molecule has 98 valence electrons. The molecule has 0 saturated heterocycles. The highest BCUT2D eigenvalue weighted by molar-refractivity contribution is 4.81. The summed E-state index contributed by atoms with van der Waals surface area (Å²) in [5.74, 6) is 0.493. The fourth-order valence-electron chi connectivity index (χ4n) is 2.05. The third-order valence-electron chi connectivity index (χ3n) is 3.63. The Labute approximate surface area is 101 Å². The van der Waals surface area contributed by atoms with Crippen molar-refractivity contribution in [3.05, 3.63) is 0 Å². The van der Waals surface area contributed by atoms with E-state index in [9.17, 15) is 5.11 Å². The van der Waals surface area contributed by atoms with Gasteiger partial charge < -0.3 is 9.84 Å². The van der Waals surface area contributed by atoms with E-state index in [1.807, 2.05) is 0 Å². The highest BCUT2D eigenvalue weighted by atomic mass is 16.6. The second kappa shape index (κ2) is 6.02. The first kappa shape index (κ1) is 15.9. The van der Waals surface area contributed by atoms with Gasteiger partial charge >= 0.3 is 0 Å². The van der Waals surface area contributed by atoms with Gasteiger partial charge in [-0.2, -0.15) is 0 Å². The summed E-state index contributed by atoms with van der Waals surface area (Å²) in [6, 6.07) is 0. The summed E-state index contributed by atoms with van der Waals surface area (Å²) < 4.78 is 4.99. The van der Waals surface area contributed by atoms with Crippen molar-refractivity contribution in [2.75, 3.05) is 7.11 Å². The van der Waals surface area contributed by atoms with E-state index in [2.05, 4.69) is 41.5 Å². The van der Waals surface area contributed by atoms with Crippen LogP contribution in [-0.2, 0) is 4.74 Å². The summed E-state index contributed by atoms with van der Waals surface area (Å²) in [5, 5.41) is 9.66. The zero-order valence-electron chi connectivity index (χ0n) is 12.1. The SMILES string of the molecule is CCC(C)(C)C(CC(O)OC)CC(C)(C)C. The Bertz CT molecular complexity index is 191. The highest BCUT2D eigenvalue weighted by Crippen LogP contribution is 2.41. The van der Waals surface area contributed by atoms with Gasteiger partial charge in [0.15, 0.2) is 6.29 Å². The smallest absolute Gasteiger partial charge is 0.154 e. The minimum atomic E-state index is -0.627. The molecule has 0 aliphatic heterocycles. The molecule has 0 aliphatic rings. The number of aliphatic hydroxyl groups is 1. The van der Waals surface area contributed by atoms with Crippen LogP contribution in [0.25, 0.3) is 0 Å². The van der Waals surface area contributed by atoms with Crippen molar-refractivity contribution in [2.24, 2.45) is 16.7 Å². The Hall–Kier alpha value is -0.0800. The quantitative estimate of drug-likeness (QED) is 0.703. The normalized spacial score (nSPS) is 17.2. The van der Waals surface area contributed by atoms with E-state index in [0.29, 0.717) is 11.3 Å². The second-order valence-corrected chi connectivity index (χ2v) is 6.73. The minimum Gasteiger partial charge on any atom is -0.368 e. The molecular formula is C14H30O2. The lowest BCUT2D eigenvalue weighted by molar-refractivity contribution is -0.100. The zero-order chi connectivity index (χ0) is 13.0. The molecule has 0 saturated carbocycles. The Kier molecular flexibility index (Phi) is 5.99. The molecule has 0 aliphatic carbocycles. The predicted octanol–water partition coefficient (Wildman–Crippen LogP) is 3.83. The average molecular weight is 230 g/mol. The molecule has 0 rings (SSSR count). The van der Waals surface area contributed by atoms with E-state index >= 15 is 0 Å². The summed E-state index contributed by atoms with van der Waals surface area (Å²) >= 11 is 0. The van der Waals surface area contributed by atoms with Crippen molar-refractivity contribution < 1.29 is 9.84 Å². The fourth-order valence-corrected chi connectivity index (χ4v) is 2.05. The van der Waals surface area contributed by atoms with Crippen LogP contribution in [-0.4, -0.2) is 18.5 Å². The molecule has 2 nitrogen and oxygen atoms in total. The van der Waals surface area contributed by atoms with Gasteiger partial charge in [0.2, 0.25) is 0 Å². The van der Waals surface area contributed by atoms with E-state index in [0.717, 1.165) is 19.3 Å². The Morgan fingerprint density at radius 1 is 1.12 bits per heavy atom. The zero-order valence-corrected chi connectivity index (χ0v) is 12.1. The Balaban J connectivity index is 4.64. The molecule has 2 atom stereocenters. The number of aliphatic hydroxyl groups excluding tert-OH is 1. The molecular weight excluding hydrogens is 200 g/mol. The summed E-state index contributed by atoms with van der Waals surface area (Å²) in [5.41, 5.74) is 0.553. The van der Waals surface area contributed by atoms with Crippen molar-refractivity contribution in [3.8, 4) is 0 Å². The van der Waals surface area contributed by atoms with E-state index in [-0.39, 0.29) is 5.41 Å². The van der Waals surface area contributed by atoms with Crippen LogP contribution in [0.5, 0.6) is 0 Å². The molecule has 0 amide bonds. The maximum absolute atomic E-state index is 9.66. The first-order chi connectivity index (χ1) is 7.12. The van der Waals surface area contributed by atoms with Crippen LogP contribution in [0, 0.1) is 16.7 Å². The molecule has 16 heavy (non-hydrogen) atoms. The third kappa shape index (κ3) is 5.86. The topological polar surface area (TPSA) is 29.5 Å². The lowest BCUT2D eigenvalue weighted by Gasteiger charge is -2.38. The van der Waals surface area contributed by atoms with Crippen LogP contribution >= 0.6 is 0 Å². The molecule has 0 aromatic carbocycles. The molecule has 0 aromatic rings. The van der Waals surface area contributed by atoms with Crippen molar-refractivity contribution in [1.82, 2.24) is 0 Å². The van der Waals surface area contributed by atoms with E-state index in [1.54, 1.807) is 7.11 Å². The van der Waals surface area contributed by atoms with Crippen LogP contribution in [0.15, 0.2) is 0 Å². The first-order valence-corrected chi connectivity index (χ1v) is 6.33. The number of hydrogen-bond donors (Lipinski definition) is 1. The van der Waals surface area contributed by atoms with Crippen LogP contribution in [0.2, 0.25) is 0 Å². The Morgan fingerprint density at radius 3 is 1.94 bits per heavy atom. The third-order valence-corrected chi connectivity index (χ3v) is 3.63. The molecule has 0 fully saturated rings. The lowest BCUT2D eigenvalue weighted by Crippen LogP contribution is -2.31. The summed E-state index contributed by atoms with van der Waals surface area (Å²) in [4.78, 5) is 0. The van der Waals surface area contributed by atoms with Gasteiger partial charge in [0.05, 0.1) is 0 Å². The molecule has 1 N–H and O–H groups in total. The number of rotatable bonds is 6. The number of hydrogen-bond acceptors (Lipinski definition) is 2. The molecule has 0 bridgehead atoms. The number of methoxy groups -OCH3 is 1. The van der Waals surface area contributed by atoms with Gasteiger partial charge in [-0.25, -0.2) is 0 Å². The highest BCUT2D eigenvalue weighted by Gasteiger charge is 2.32. The lowest BCUT2D eigenvalue weighted by atomic mass is 9.68. The van der Waals surface area contributed by atoms with Crippen LogP contribution in [0.1, 0.15) is 60.8 Å². The largest absolute Gasteiger partial charge is 0.368 e. The molecule has 0 radical (unpaired) electrons. The van der Waals surface area contributed by atoms with E-state index in [4.69, 9.17) is 4.74 Å². The number of ether oxygens (including phenoxy) is 1. The van der Waals surface area contributed by atoms with E-state index in [1.165, 1.54) is 0 Å². The van der Waals surface area contributed by atoms with Gasteiger partial charge in [0.25, 0.3) is 0 Å². The van der Waals surface area contributed by atoms with Gasteiger partial charge in [-0.1, -0.05) is 48.0 Å². The second-order valence-electron chi connectivity index (χ2n) is 6.73.